The topological polar surface area (TPSA) is 118 Å². The number of aliphatic hydroxyl groups is 2. The van der Waals surface area contributed by atoms with Crippen molar-refractivity contribution in [1.82, 2.24) is 4.90 Å². The minimum absolute atomic E-state index is 0.00995. The number of amides is 2. The molecule has 1 aliphatic heterocycles. The van der Waals surface area contributed by atoms with Crippen LogP contribution in [0.4, 0.5) is 10.5 Å². The molecule has 3 aliphatic rings. The van der Waals surface area contributed by atoms with Gasteiger partial charge in [-0.05, 0) is 55.1 Å². The Morgan fingerprint density at radius 2 is 1.94 bits per heavy atom. The maximum absolute atomic E-state index is 13.1. The zero-order valence-electron chi connectivity index (χ0n) is 21.6. The molecule has 36 heavy (non-hydrogen) atoms. The van der Waals surface area contributed by atoms with Crippen molar-refractivity contribution in [3.63, 3.8) is 0 Å². The van der Waals surface area contributed by atoms with Crippen molar-refractivity contribution in [3.05, 3.63) is 24.3 Å². The lowest BCUT2D eigenvalue weighted by Crippen LogP contribution is -2.61. The van der Waals surface area contributed by atoms with Gasteiger partial charge in [-0.25, -0.2) is 4.79 Å². The third kappa shape index (κ3) is 5.19. The van der Waals surface area contributed by atoms with Crippen molar-refractivity contribution in [1.29, 1.82) is 0 Å². The molecule has 0 spiro atoms. The van der Waals surface area contributed by atoms with Gasteiger partial charge in [0.05, 0.1) is 33.0 Å². The van der Waals surface area contributed by atoms with Crippen LogP contribution in [0, 0.1) is 22.7 Å². The minimum Gasteiger partial charge on any atom is -0.497 e. The summed E-state index contributed by atoms with van der Waals surface area (Å²) in [7, 11) is 1.56. The lowest BCUT2D eigenvalue weighted by Gasteiger charge is -2.60. The summed E-state index contributed by atoms with van der Waals surface area (Å²) in [4.78, 5) is 27.7. The van der Waals surface area contributed by atoms with Gasteiger partial charge in [0.15, 0.2) is 0 Å². The van der Waals surface area contributed by atoms with E-state index < -0.39 is 23.7 Å². The zero-order valence-corrected chi connectivity index (χ0v) is 21.6. The molecule has 6 atom stereocenters. The van der Waals surface area contributed by atoms with Crippen molar-refractivity contribution in [3.8, 4) is 5.75 Å². The Morgan fingerprint density at radius 1 is 1.19 bits per heavy atom. The number of benzene rings is 1. The van der Waals surface area contributed by atoms with Crippen LogP contribution in [0.1, 0.15) is 46.0 Å². The summed E-state index contributed by atoms with van der Waals surface area (Å²) in [5.41, 5.74) is -0.493. The number of aliphatic hydroxyl groups excluding tert-OH is 2. The van der Waals surface area contributed by atoms with E-state index in [9.17, 15) is 19.8 Å². The smallest absolute Gasteiger partial charge is 0.411 e. The maximum atomic E-state index is 13.1. The van der Waals surface area contributed by atoms with Gasteiger partial charge in [-0.15, -0.1) is 0 Å². The Kier molecular flexibility index (Phi) is 8.12. The van der Waals surface area contributed by atoms with E-state index in [0.717, 1.165) is 0 Å². The first kappa shape index (κ1) is 26.7. The normalized spacial score (nSPS) is 34.4. The predicted octanol–water partition coefficient (Wildman–Crippen LogP) is 3.05. The van der Waals surface area contributed by atoms with Crippen molar-refractivity contribution in [2.45, 2.75) is 58.2 Å². The molecule has 2 amide bonds. The third-order valence-electron chi connectivity index (χ3n) is 9.00. The summed E-state index contributed by atoms with van der Waals surface area (Å²) in [6, 6.07) is 7.04. The molecule has 0 aromatic heterocycles. The van der Waals surface area contributed by atoms with E-state index in [4.69, 9.17) is 14.2 Å². The summed E-state index contributed by atoms with van der Waals surface area (Å²) in [6.45, 7) is 6.19. The van der Waals surface area contributed by atoms with Crippen molar-refractivity contribution >= 4 is 17.7 Å². The van der Waals surface area contributed by atoms with E-state index >= 15 is 0 Å². The molecule has 0 bridgehead atoms. The first-order valence-electron chi connectivity index (χ1n) is 13.0. The first-order chi connectivity index (χ1) is 17.2. The first-order valence-corrected chi connectivity index (χ1v) is 13.0. The summed E-state index contributed by atoms with van der Waals surface area (Å²) in [5, 5.41) is 24.4. The van der Waals surface area contributed by atoms with Crippen molar-refractivity contribution in [2.24, 2.45) is 22.7 Å². The van der Waals surface area contributed by atoms with Gasteiger partial charge >= 0.3 is 6.09 Å². The average molecular weight is 505 g/mol. The number of ether oxygens (including phenoxy) is 3. The second kappa shape index (κ2) is 10.9. The van der Waals surface area contributed by atoms with Gasteiger partial charge in [0.2, 0.25) is 5.91 Å². The number of nitrogens with one attached hydrogen (secondary N) is 1. The highest BCUT2D eigenvalue weighted by Crippen LogP contribution is 2.61. The van der Waals surface area contributed by atoms with E-state index in [1.165, 1.54) is 0 Å². The number of nitrogens with zero attached hydrogens (tertiary/aromatic N) is 1. The molecular formula is C27H40N2O7. The van der Waals surface area contributed by atoms with Crippen LogP contribution in [-0.4, -0.2) is 79.3 Å². The van der Waals surface area contributed by atoms with E-state index in [0.29, 0.717) is 63.4 Å². The molecule has 1 saturated heterocycles. The van der Waals surface area contributed by atoms with Crippen LogP contribution < -0.4 is 10.1 Å². The highest BCUT2D eigenvalue weighted by molar-refractivity contribution is 5.85. The number of morpholine rings is 1. The van der Waals surface area contributed by atoms with E-state index in [2.05, 4.69) is 12.2 Å². The van der Waals surface area contributed by atoms with Gasteiger partial charge in [0.1, 0.15) is 11.9 Å². The highest BCUT2D eigenvalue weighted by atomic mass is 16.6. The summed E-state index contributed by atoms with van der Waals surface area (Å²) in [5.74, 6) is 0.444. The maximum Gasteiger partial charge on any atom is 0.411 e. The van der Waals surface area contributed by atoms with Gasteiger partial charge in [-0.3, -0.25) is 10.1 Å². The molecule has 9 nitrogen and oxygen atoms in total. The fourth-order valence-corrected chi connectivity index (χ4v) is 6.89. The van der Waals surface area contributed by atoms with Crippen LogP contribution in [0.2, 0.25) is 0 Å². The molecule has 1 aromatic rings. The van der Waals surface area contributed by atoms with Crippen molar-refractivity contribution < 1.29 is 34.0 Å². The predicted molar refractivity (Wildman–Crippen MR) is 134 cm³/mol. The SMILES string of the molecule is COc1cccc(NC(=O)O[C@@H]2CC[C@]3(C)[C@H](CC[C@@H](O)[C@H]3CC(=O)N3CCOCC3)[C@]2(C)CO)c1. The monoisotopic (exact) mass is 504 g/mol. The number of hydrogen-bond acceptors (Lipinski definition) is 7. The molecule has 0 radical (unpaired) electrons. The van der Waals surface area contributed by atoms with Gasteiger partial charge in [0, 0.05) is 36.7 Å². The van der Waals surface area contributed by atoms with Gasteiger partial charge in [-0.2, -0.15) is 0 Å². The number of carbonyl (C=O) groups is 2. The molecular weight excluding hydrogens is 464 g/mol. The molecule has 1 aromatic carbocycles. The average Bonchev–Trinajstić information content (AvgIpc) is 2.88. The number of rotatable bonds is 6. The molecule has 200 valence electrons. The summed E-state index contributed by atoms with van der Waals surface area (Å²) >= 11 is 0. The molecule has 2 aliphatic carbocycles. The fraction of sp³-hybridized carbons (Fsp3) is 0.704. The molecule has 1 heterocycles. The van der Waals surface area contributed by atoms with E-state index in [-0.39, 0.29) is 36.2 Å². The van der Waals surface area contributed by atoms with Gasteiger partial charge in [-0.1, -0.05) is 19.9 Å². The Hall–Kier alpha value is -2.36. The van der Waals surface area contributed by atoms with Crippen molar-refractivity contribution in [2.75, 3.05) is 45.3 Å². The third-order valence-corrected chi connectivity index (χ3v) is 9.00. The Bertz CT molecular complexity index is 936. The molecule has 3 N–H and O–H groups in total. The zero-order chi connectivity index (χ0) is 25.9. The molecule has 2 saturated carbocycles. The van der Waals surface area contributed by atoms with Gasteiger partial charge in [0.25, 0.3) is 0 Å². The van der Waals surface area contributed by atoms with E-state index in [1.807, 2.05) is 11.8 Å². The van der Waals surface area contributed by atoms with Crippen LogP contribution in [0.3, 0.4) is 0 Å². The van der Waals surface area contributed by atoms with Crippen LogP contribution in [0.25, 0.3) is 0 Å². The fourth-order valence-electron chi connectivity index (χ4n) is 6.89. The quantitative estimate of drug-likeness (QED) is 0.545. The Balaban J connectivity index is 1.48. The number of fused-ring (bicyclic) bond motifs is 1. The van der Waals surface area contributed by atoms with Crippen LogP contribution in [0.5, 0.6) is 5.75 Å². The second-order valence-corrected chi connectivity index (χ2v) is 11.0. The van der Waals surface area contributed by atoms with Gasteiger partial charge < -0.3 is 29.3 Å². The summed E-state index contributed by atoms with van der Waals surface area (Å²) in [6.07, 6.45) is 1.13. The number of hydrogen-bond donors (Lipinski definition) is 3. The van der Waals surface area contributed by atoms with Crippen LogP contribution in [0.15, 0.2) is 24.3 Å². The molecule has 0 unspecified atom stereocenters. The van der Waals surface area contributed by atoms with Crippen LogP contribution in [-0.2, 0) is 14.3 Å². The lowest BCUT2D eigenvalue weighted by atomic mass is 9.46. The van der Waals surface area contributed by atoms with Crippen LogP contribution >= 0.6 is 0 Å². The minimum atomic E-state index is -0.695. The highest BCUT2D eigenvalue weighted by Gasteiger charge is 2.60. The Labute approximate surface area is 213 Å². The standard InChI is InChI=1S/C27H40N2O7/c1-26-10-9-23(36-25(33)28-18-5-4-6-19(15-18)34-3)27(2,17-30)22(26)8-7-21(31)20(26)16-24(32)29-11-13-35-14-12-29/h4-6,15,20-23,30-31H,7-14,16-17H2,1-3H3,(H,28,33)/t20-,21-,22+,23-,26+,27+/m1/s1. The second-order valence-electron chi connectivity index (χ2n) is 11.0. The molecule has 4 rings (SSSR count). The lowest BCUT2D eigenvalue weighted by molar-refractivity contribution is -0.187. The number of carbonyl (C=O) groups excluding carboxylic acids is 2. The Morgan fingerprint density at radius 3 is 2.64 bits per heavy atom. The number of anilines is 1. The largest absolute Gasteiger partial charge is 0.497 e. The molecule has 3 fully saturated rings. The number of methoxy groups -OCH3 is 1. The van der Waals surface area contributed by atoms with E-state index in [1.54, 1.807) is 31.4 Å². The summed E-state index contributed by atoms with van der Waals surface area (Å²) < 4.78 is 16.5. The molecule has 9 heteroatoms.